The van der Waals surface area contributed by atoms with Crippen LogP contribution in [0.2, 0.25) is 5.15 Å². The Kier molecular flexibility index (Phi) is 7.43. The first-order chi connectivity index (χ1) is 12.1. The number of carbonyl (C=O) groups excluding carboxylic acids is 3. The Morgan fingerprint density at radius 1 is 1.08 bits per heavy atom. The number of hydrogen-bond acceptors (Lipinski definition) is 6. The Labute approximate surface area is 153 Å². The lowest BCUT2D eigenvalue weighted by Crippen LogP contribution is -2.34. The number of imide groups is 1. The number of halogens is 1. The van der Waals surface area contributed by atoms with Crippen LogP contribution in [0.3, 0.4) is 0 Å². The number of carbonyl (C=O) groups is 3. The predicted molar refractivity (Wildman–Crippen MR) is 94.5 cm³/mol. The number of nitrogens with zero attached hydrogens (tertiary/aromatic N) is 1. The highest BCUT2D eigenvalue weighted by Gasteiger charge is 2.15. The zero-order valence-corrected chi connectivity index (χ0v) is 14.7. The second-order valence-electron chi connectivity index (χ2n) is 4.80. The van der Waals surface area contributed by atoms with Gasteiger partial charge in [-0.05, 0) is 24.3 Å². The largest absolute Gasteiger partial charge is 0.452 e. The third kappa shape index (κ3) is 6.56. The van der Waals surface area contributed by atoms with E-state index >= 15 is 0 Å². The molecule has 0 bridgehead atoms. The highest BCUT2D eigenvalue weighted by molar-refractivity contribution is 7.99. The molecule has 0 radical (unpaired) electrons. The Hall–Kier alpha value is -2.38. The van der Waals surface area contributed by atoms with Crippen molar-refractivity contribution in [3.8, 4) is 0 Å². The molecular formula is C17H15ClN2O4S. The summed E-state index contributed by atoms with van der Waals surface area (Å²) >= 11 is 7.27. The van der Waals surface area contributed by atoms with Gasteiger partial charge in [0.1, 0.15) is 5.15 Å². The number of hydrogen-bond donors (Lipinski definition) is 1. The van der Waals surface area contributed by atoms with Crippen LogP contribution in [-0.2, 0) is 14.3 Å². The average molecular weight is 379 g/mol. The van der Waals surface area contributed by atoms with E-state index in [0.717, 1.165) is 4.90 Å². The predicted octanol–water partition coefficient (Wildman–Crippen LogP) is 2.72. The van der Waals surface area contributed by atoms with Crippen LogP contribution in [0.4, 0.5) is 0 Å². The third-order valence-electron chi connectivity index (χ3n) is 2.93. The topological polar surface area (TPSA) is 85.4 Å². The molecule has 1 aromatic carbocycles. The standard InChI is InChI=1S/C17H15ClN2O4S/c18-16-13(7-4-9-19-16)17(23)24-11-15(22)20-14(21)8-10-25-12-5-2-1-3-6-12/h1-7,9H,8,10-11H2,(H,20,21,22). The molecule has 6 nitrogen and oxygen atoms in total. The van der Waals surface area contributed by atoms with Gasteiger partial charge in [-0.25, -0.2) is 9.78 Å². The number of ether oxygens (including phenoxy) is 1. The van der Waals surface area contributed by atoms with Crippen LogP contribution in [0.15, 0.2) is 53.6 Å². The molecule has 0 spiro atoms. The maximum Gasteiger partial charge on any atom is 0.341 e. The molecule has 2 aromatic rings. The molecule has 2 rings (SSSR count). The molecule has 0 atom stereocenters. The van der Waals surface area contributed by atoms with Gasteiger partial charge >= 0.3 is 5.97 Å². The van der Waals surface area contributed by atoms with Gasteiger partial charge in [0.05, 0.1) is 5.56 Å². The minimum absolute atomic E-state index is 0.0121. The van der Waals surface area contributed by atoms with E-state index in [1.165, 1.54) is 30.1 Å². The highest BCUT2D eigenvalue weighted by Crippen LogP contribution is 2.17. The molecule has 0 aliphatic carbocycles. The van der Waals surface area contributed by atoms with Gasteiger partial charge in [-0.3, -0.25) is 14.9 Å². The first-order valence-electron chi connectivity index (χ1n) is 7.34. The Balaban J connectivity index is 1.68. The summed E-state index contributed by atoms with van der Waals surface area (Å²) in [4.78, 5) is 39.9. The second kappa shape index (κ2) is 9.80. The minimum Gasteiger partial charge on any atom is -0.452 e. The van der Waals surface area contributed by atoms with E-state index in [1.807, 2.05) is 30.3 Å². The van der Waals surface area contributed by atoms with Gasteiger partial charge in [0, 0.05) is 23.3 Å². The van der Waals surface area contributed by atoms with E-state index < -0.39 is 24.4 Å². The van der Waals surface area contributed by atoms with E-state index in [-0.39, 0.29) is 17.1 Å². The summed E-state index contributed by atoms with van der Waals surface area (Å²) in [6.45, 7) is -0.568. The lowest BCUT2D eigenvalue weighted by Gasteiger charge is -2.06. The smallest absolute Gasteiger partial charge is 0.341 e. The fraction of sp³-hybridized carbons (Fsp3) is 0.176. The van der Waals surface area contributed by atoms with Crippen molar-refractivity contribution in [2.75, 3.05) is 12.4 Å². The first-order valence-corrected chi connectivity index (χ1v) is 8.71. The van der Waals surface area contributed by atoms with Crippen molar-refractivity contribution in [3.63, 3.8) is 0 Å². The third-order valence-corrected chi connectivity index (χ3v) is 4.25. The summed E-state index contributed by atoms with van der Waals surface area (Å²) in [5.41, 5.74) is 0.0579. The molecule has 130 valence electrons. The average Bonchev–Trinajstić information content (AvgIpc) is 2.61. The summed E-state index contributed by atoms with van der Waals surface area (Å²) < 4.78 is 4.81. The Morgan fingerprint density at radius 3 is 2.56 bits per heavy atom. The number of amides is 2. The monoisotopic (exact) mass is 378 g/mol. The molecule has 1 N–H and O–H groups in total. The van der Waals surface area contributed by atoms with E-state index in [4.69, 9.17) is 16.3 Å². The van der Waals surface area contributed by atoms with Crippen LogP contribution in [0.25, 0.3) is 0 Å². The molecular weight excluding hydrogens is 364 g/mol. The van der Waals surface area contributed by atoms with E-state index in [1.54, 1.807) is 0 Å². The molecule has 0 aliphatic heterocycles. The van der Waals surface area contributed by atoms with Gasteiger partial charge in [0.2, 0.25) is 5.91 Å². The molecule has 0 aliphatic rings. The van der Waals surface area contributed by atoms with Gasteiger partial charge < -0.3 is 4.74 Å². The van der Waals surface area contributed by atoms with Gasteiger partial charge in [-0.15, -0.1) is 11.8 Å². The van der Waals surface area contributed by atoms with E-state index in [9.17, 15) is 14.4 Å². The normalized spacial score (nSPS) is 10.1. The van der Waals surface area contributed by atoms with Crippen molar-refractivity contribution in [2.45, 2.75) is 11.3 Å². The molecule has 0 unspecified atom stereocenters. The molecule has 1 aromatic heterocycles. The lowest BCUT2D eigenvalue weighted by molar-refractivity contribution is -0.132. The second-order valence-corrected chi connectivity index (χ2v) is 6.33. The summed E-state index contributed by atoms with van der Waals surface area (Å²) in [6, 6.07) is 12.6. The Bertz CT molecular complexity index is 755. The zero-order chi connectivity index (χ0) is 18.1. The van der Waals surface area contributed by atoms with E-state index in [2.05, 4.69) is 10.3 Å². The molecule has 25 heavy (non-hydrogen) atoms. The summed E-state index contributed by atoms with van der Waals surface area (Å²) in [5, 5.41) is 2.16. The molecule has 1 heterocycles. The van der Waals surface area contributed by atoms with Crippen molar-refractivity contribution >= 4 is 41.1 Å². The number of rotatable bonds is 7. The highest BCUT2D eigenvalue weighted by atomic mass is 35.5. The van der Waals surface area contributed by atoms with Crippen LogP contribution in [0, 0.1) is 0 Å². The number of aromatic nitrogens is 1. The van der Waals surface area contributed by atoms with Gasteiger partial charge in [0.15, 0.2) is 6.61 Å². The number of thioether (sulfide) groups is 1. The Morgan fingerprint density at radius 2 is 1.84 bits per heavy atom. The summed E-state index contributed by atoms with van der Waals surface area (Å²) in [5.74, 6) is -1.36. The SMILES string of the molecule is O=C(CCSc1ccccc1)NC(=O)COC(=O)c1cccnc1Cl. The maximum atomic E-state index is 11.8. The molecule has 8 heteroatoms. The van der Waals surface area contributed by atoms with Crippen LogP contribution >= 0.6 is 23.4 Å². The lowest BCUT2D eigenvalue weighted by atomic mass is 10.3. The van der Waals surface area contributed by atoms with Gasteiger partial charge in [-0.1, -0.05) is 29.8 Å². The number of benzene rings is 1. The van der Waals surface area contributed by atoms with Gasteiger partial charge in [-0.2, -0.15) is 0 Å². The fourth-order valence-corrected chi connectivity index (χ4v) is 2.85. The van der Waals surface area contributed by atoms with Crippen molar-refractivity contribution in [3.05, 3.63) is 59.4 Å². The molecule has 0 fully saturated rings. The fourth-order valence-electron chi connectivity index (χ4n) is 1.78. The molecule has 2 amide bonds. The number of esters is 1. The number of nitrogens with one attached hydrogen (secondary N) is 1. The minimum atomic E-state index is -0.777. The molecule has 0 saturated carbocycles. The maximum absolute atomic E-state index is 11.8. The summed E-state index contributed by atoms with van der Waals surface area (Å²) in [6.07, 6.45) is 1.60. The quantitative estimate of drug-likeness (QED) is 0.453. The van der Waals surface area contributed by atoms with Crippen molar-refractivity contribution in [1.82, 2.24) is 10.3 Å². The van der Waals surface area contributed by atoms with Crippen molar-refractivity contribution in [2.24, 2.45) is 0 Å². The van der Waals surface area contributed by atoms with Crippen LogP contribution in [0.1, 0.15) is 16.8 Å². The van der Waals surface area contributed by atoms with Crippen LogP contribution in [-0.4, -0.2) is 35.1 Å². The van der Waals surface area contributed by atoms with Gasteiger partial charge in [0.25, 0.3) is 5.91 Å². The van der Waals surface area contributed by atoms with Crippen LogP contribution < -0.4 is 5.32 Å². The van der Waals surface area contributed by atoms with Crippen molar-refractivity contribution in [1.29, 1.82) is 0 Å². The number of pyridine rings is 1. The zero-order valence-electron chi connectivity index (χ0n) is 13.1. The van der Waals surface area contributed by atoms with Crippen molar-refractivity contribution < 1.29 is 19.1 Å². The van der Waals surface area contributed by atoms with Crippen LogP contribution in [0.5, 0.6) is 0 Å². The molecule has 0 saturated heterocycles. The summed E-state index contributed by atoms with van der Waals surface area (Å²) in [7, 11) is 0. The first kappa shape index (κ1) is 19.0. The van der Waals surface area contributed by atoms with E-state index in [0.29, 0.717) is 5.75 Å².